The predicted octanol–water partition coefficient (Wildman–Crippen LogP) is 2.39. The van der Waals surface area contributed by atoms with Gasteiger partial charge in [0.25, 0.3) is 0 Å². The van der Waals surface area contributed by atoms with Crippen LogP contribution in [0.25, 0.3) is 0 Å². The maximum Gasteiger partial charge on any atom is 0.0971 e. The van der Waals surface area contributed by atoms with Crippen molar-refractivity contribution < 1.29 is 4.74 Å². The summed E-state index contributed by atoms with van der Waals surface area (Å²) in [6.07, 6.45) is 0. The van der Waals surface area contributed by atoms with E-state index in [0.29, 0.717) is 6.73 Å². The monoisotopic (exact) mass is 185 g/mol. The van der Waals surface area contributed by atoms with Crippen molar-refractivity contribution in [2.24, 2.45) is 10.8 Å². The first-order chi connectivity index (χ1) is 5.71. The molecule has 78 valence electrons. The molecule has 1 fully saturated rings. The van der Waals surface area contributed by atoms with E-state index in [9.17, 15) is 0 Å². The van der Waals surface area contributed by atoms with Gasteiger partial charge < -0.3 is 4.74 Å². The number of hydrogen-bond acceptors (Lipinski definition) is 2. The van der Waals surface area contributed by atoms with Gasteiger partial charge in [0.15, 0.2) is 0 Å². The Kier molecular flexibility index (Phi) is 2.50. The van der Waals surface area contributed by atoms with Crippen LogP contribution in [-0.2, 0) is 4.74 Å². The number of hydrogen-bond donors (Lipinski definition) is 1. The molecule has 1 aliphatic rings. The van der Waals surface area contributed by atoms with E-state index in [0.717, 1.165) is 6.61 Å². The van der Waals surface area contributed by atoms with Gasteiger partial charge in [-0.15, -0.1) is 0 Å². The molecule has 1 heterocycles. The van der Waals surface area contributed by atoms with Gasteiger partial charge in [-0.05, 0) is 10.8 Å². The van der Waals surface area contributed by atoms with Gasteiger partial charge in [0.2, 0.25) is 0 Å². The Hall–Kier alpha value is -0.0800. The highest BCUT2D eigenvalue weighted by atomic mass is 16.5. The maximum absolute atomic E-state index is 5.50. The van der Waals surface area contributed by atoms with Crippen LogP contribution in [0.3, 0.4) is 0 Å². The van der Waals surface area contributed by atoms with E-state index >= 15 is 0 Å². The van der Waals surface area contributed by atoms with Crippen molar-refractivity contribution >= 4 is 0 Å². The summed E-state index contributed by atoms with van der Waals surface area (Å²) in [6.45, 7) is 15.2. The van der Waals surface area contributed by atoms with Crippen molar-refractivity contribution in [2.75, 3.05) is 13.3 Å². The molecule has 0 radical (unpaired) electrons. The molecule has 0 aromatic heterocycles. The fourth-order valence-electron chi connectivity index (χ4n) is 2.52. The van der Waals surface area contributed by atoms with Gasteiger partial charge in [-0.3, -0.25) is 5.32 Å². The molecule has 0 amide bonds. The second kappa shape index (κ2) is 2.96. The third kappa shape index (κ3) is 1.62. The summed E-state index contributed by atoms with van der Waals surface area (Å²) in [6, 6.07) is 0. The Labute approximate surface area is 82.0 Å². The molecular formula is C11H23NO. The summed E-state index contributed by atoms with van der Waals surface area (Å²) in [5.41, 5.74) is 0.545. The van der Waals surface area contributed by atoms with E-state index in [1.54, 1.807) is 0 Å². The largest absolute Gasteiger partial charge is 0.364 e. The van der Waals surface area contributed by atoms with Crippen molar-refractivity contribution in [1.29, 1.82) is 0 Å². The van der Waals surface area contributed by atoms with Gasteiger partial charge in [-0.1, -0.05) is 41.5 Å². The number of rotatable bonds is 0. The lowest BCUT2D eigenvalue weighted by molar-refractivity contribution is 0.0278. The third-order valence-electron chi connectivity index (χ3n) is 3.36. The molecule has 0 aromatic rings. The summed E-state index contributed by atoms with van der Waals surface area (Å²) in [7, 11) is 0. The fraction of sp³-hybridized carbons (Fsp3) is 1.00. The first-order valence-electron chi connectivity index (χ1n) is 5.03. The van der Waals surface area contributed by atoms with Crippen LogP contribution in [0.4, 0.5) is 0 Å². The molecule has 0 aromatic carbocycles. The quantitative estimate of drug-likeness (QED) is 0.625. The molecule has 0 saturated carbocycles. The molecule has 1 saturated heterocycles. The Morgan fingerprint density at radius 1 is 1.00 bits per heavy atom. The minimum atomic E-state index is 0.0972. The summed E-state index contributed by atoms with van der Waals surface area (Å²) in [5.74, 6) is 0. The fourth-order valence-corrected chi connectivity index (χ4v) is 2.52. The van der Waals surface area contributed by atoms with E-state index in [1.165, 1.54) is 0 Å². The molecule has 0 atom stereocenters. The average molecular weight is 185 g/mol. The SMILES string of the molecule is CC(C)(C)C1(C(C)(C)C)COCN1. The summed E-state index contributed by atoms with van der Waals surface area (Å²) >= 11 is 0. The van der Waals surface area contributed by atoms with Crippen molar-refractivity contribution in [1.82, 2.24) is 5.32 Å². The zero-order valence-electron chi connectivity index (χ0n) is 9.82. The average Bonchev–Trinajstić information content (AvgIpc) is 2.28. The zero-order chi connectivity index (χ0) is 10.3. The topological polar surface area (TPSA) is 21.3 Å². The van der Waals surface area contributed by atoms with Gasteiger partial charge in [0, 0.05) is 0 Å². The highest BCUT2D eigenvalue weighted by Crippen LogP contribution is 2.45. The first-order valence-corrected chi connectivity index (χ1v) is 5.03. The van der Waals surface area contributed by atoms with Crippen LogP contribution in [0.5, 0.6) is 0 Å². The Morgan fingerprint density at radius 2 is 1.46 bits per heavy atom. The molecule has 0 bridgehead atoms. The minimum Gasteiger partial charge on any atom is -0.364 e. The summed E-state index contributed by atoms with van der Waals surface area (Å²) in [5, 5.41) is 3.53. The van der Waals surface area contributed by atoms with Crippen LogP contribution in [-0.4, -0.2) is 18.9 Å². The molecule has 2 nitrogen and oxygen atoms in total. The molecule has 0 aliphatic carbocycles. The minimum absolute atomic E-state index is 0.0972. The van der Waals surface area contributed by atoms with E-state index in [1.807, 2.05) is 0 Å². The van der Waals surface area contributed by atoms with Gasteiger partial charge in [0.1, 0.15) is 0 Å². The Morgan fingerprint density at radius 3 is 1.62 bits per heavy atom. The van der Waals surface area contributed by atoms with Crippen LogP contribution < -0.4 is 5.32 Å². The molecule has 1 aliphatic heterocycles. The smallest absolute Gasteiger partial charge is 0.0971 e. The van der Waals surface area contributed by atoms with E-state index in [-0.39, 0.29) is 16.4 Å². The third-order valence-corrected chi connectivity index (χ3v) is 3.36. The summed E-state index contributed by atoms with van der Waals surface area (Å²) in [4.78, 5) is 0. The Balaban J connectivity index is 3.02. The van der Waals surface area contributed by atoms with Crippen LogP contribution in [0, 0.1) is 10.8 Å². The standard InChI is InChI=1S/C11H23NO/c1-9(2,3)11(10(4,5)6)7-13-8-12-11/h12H,7-8H2,1-6H3. The molecule has 13 heavy (non-hydrogen) atoms. The van der Waals surface area contributed by atoms with Crippen LogP contribution in [0.15, 0.2) is 0 Å². The van der Waals surface area contributed by atoms with Gasteiger partial charge in [0.05, 0.1) is 18.9 Å². The van der Waals surface area contributed by atoms with Crippen LogP contribution >= 0.6 is 0 Å². The number of ether oxygens (including phenoxy) is 1. The van der Waals surface area contributed by atoms with Crippen molar-refractivity contribution in [3.05, 3.63) is 0 Å². The molecule has 2 heteroatoms. The second-order valence-corrected chi connectivity index (χ2v) is 6.07. The maximum atomic E-state index is 5.50. The molecular weight excluding hydrogens is 162 g/mol. The zero-order valence-corrected chi connectivity index (χ0v) is 9.82. The van der Waals surface area contributed by atoms with E-state index in [2.05, 4.69) is 46.9 Å². The first kappa shape index (κ1) is 11.0. The number of nitrogens with one attached hydrogen (secondary N) is 1. The van der Waals surface area contributed by atoms with Crippen molar-refractivity contribution in [2.45, 2.75) is 47.1 Å². The lowest BCUT2D eigenvalue weighted by Gasteiger charge is -2.50. The molecule has 0 unspecified atom stereocenters. The predicted molar refractivity (Wildman–Crippen MR) is 55.6 cm³/mol. The second-order valence-electron chi connectivity index (χ2n) is 6.07. The molecule has 1 N–H and O–H groups in total. The lowest BCUT2D eigenvalue weighted by Crippen LogP contribution is -2.61. The van der Waals surface area contributed by atoms with E-state index < -0.39 is 0 Å². The van der Waals surface area contributed by atoms with Crippen LogP contribution in [0.2, 0.25) is 0 Å². The normalized spacial score (nSPS) is 23.5. The summed E-state index contributed by atoms with van der Waals surface area (Å²) < 4.78 is 5.50. The Bertz CT molecular complexity index is 163. The highest BCUT2D eigenvalue weighted by Gasteiger charge is 2.52. The van der Waals surface area contributed by atoms with Crippen LogP contribution in [0.1, 0.15) is 41.5 Å². The lowest BCUT2D eigenvalue weighted by atomic mass is 9.61. The van der Waals surface area contributed by atoms with E-state index in [4.69, 9.17) is 4.74 Å². The van der Waals surface area contributed by atoms with Gasteiger partial charge >= 0.3 is 0 Å². The highest BCUT2D eigenvalue weighted by molar-refractivity contribution is 5.07. The molecule has 0 spiro atoms. The van der Waals surface area contributed by atoms with Gasteiger partial charge in [-0.25, -0.2) is 0 Å². The van der Waals surface area contributed by atoms with Crippen molar-refractivity contribution in [3.8, 4) is 0 Å². The van der Waals surface area contributed by atoms with Crippen molar-refractivity contribution in [3.63, 3.8) is 0 Å². The van der Waals surface area contributed by atoms with Gasteiger partial charge in [-0.2, -0.15) is 0 Å². The molecule has 1 rings (SSSR count).